The topological polar surface area (TPSA) is 60.0 Å². The first-order valence-corrected chi connectivity index (χ1v) is 14.3. The Morgan fingerprint density at radius 3 is 2.36 bits per heavy atom. The molecule has 1 aliphatic heterocycles. The number of hydrogen-bond acceptors (Lipinski definition) is 5. The maximum absolute atomic E-state index is 14.2. The van der Waals surface area contributed by atoms with Crippen LogP contribution in [-0.2, 0) is 6.42 Å². The van der Waals surface area contributed by atoms with Crippen molar-refractivity contribution in [2.45, 2.75) is 25.4 Å². The zero-order valence-corrected chi connectivity index (χ0v) is 24.4. The number of methoxy groups -OCH3 is 2. The molecule has 1 saturated heterocycles. The van der Waals surface area contributed by atoms with Gasteiger partial charge in [-0.3, -0.25) is 4.79 Å². The normalized spacial score (nSPS) is 13.9. The summed E-state index contributed by atoms with van der Waals surface area (Å²) in [6.07, 6.45) is 2.69. The van der Waals surface area contributed by atoms with Crippen molar-refractivity contribution >= 4 is 5.91 Å². The predicted molar refractivity (Wildman–Crippen MR) is 164 cm³/mol. The van der Waals surface area contributed by atoms with Crippen molar-refractivity contribution < 1.29 is 23.4 Å². The molecular formula is C35H37FN2O4. The average molecular weight is 569 g/mol. The van der Waals surface area contributed by atoms with Crippen LogP contribution in [0.1, 0.15) is 28.8 Å². The molecule has 0 atom stereocenters. The summed E-state index contributed by atoms with van der Waals surface area (Å²) in [5.74, 6) is 1.69. The van der Waals surface area contributed by atoms with E-state index in [0.29, 0.717) is 24.3 Å². The number of amides is 1. The molecule has 0 spiro atoms. The van der Waals surface area contributed by atoms with E-state index < -0.39 is 0 Å². The Kier molecular flexibility index (Phi) is 9.39. The van der Waals surface area contributed by atoms with E-state index in [4.69, 9.17) is 14.2 Å². The van der Waals surface area contributed by atoms with Crippen LogP contribution in [0.5, 0.6) is 17.2 Å². The van der Waals surface area contributed by atoms with Gasteiger partial charge in [-0.1, -0.05) is 30.3 Å². The summed E-state index contributed by atoms with van der Waals surface area (Å²) in [6, 6.07) is 25.6. The lowest BCUT2D eigenvalue weighted by molar-refractivity contribution is 0.0954. The molecule has 0 aliphatic carbocycles. The molecule has 0 radical (unpaired) electrons. The molecule has 1 aliphatic rings. The number of hydrogen-bond donors (Lipinski definition) is 1. The number of carbonyl (C=O) groups excluding carboxylic acids is 1. The Morgan fingerprint density at radius 2 is 1.62 bits per heavy atom. The van der Waals surface area contributed by atoms with Crippen molar-refractivity contribution in [1.82, 2.24) is 10.2 Å². The third kappa shape index (κ3) is 7.09. The van der Waals surface area contributed by atoms with Crippen LogP contribution in [-0.4, -0.2) is 57.8 Å². The summed E-state index contributed by atoms with van der Waals surface area (Å²) in [4.78, 5) is 15.5. The summed E-state index contributed by atoms with van der Waals surface area (Å²) in [7, 11) is 5.36. The number of benzene rings is 4. The molecule has 1 amide bonds. The van der Waals surface area contributed by atoms with E-state index in [9.17, 15) is 9.18 Å². The van der Waals surface area contributed by atoms with Gasteiger partial charge in [0.25, 0.3) is 5.91 Å². The molecule has 1 heterocycles. The minimum absolute atomic E-state index is 0.165. The van der Waals surface area contributed by atoms with E-state index in [1.807, 2.05) is 54.6 Å². The first-order chi connectivity index (χ1) is 20.4. The fourth-order valence-electron chi connectivity index (χ4n) is 5.35. The van der Waals surface area contributed by atoms with Crippen molar-refractivity contribution in [2.75, 3.05) is 40.9 Å². The van der Waals surface area contributed by atoms with Crippen LogP contribution in [0.2, 0.25) is 0 Å². The van der Waals surface area contributed by atoms with Gasteiger partial charge in [0.15, 0.2) is 0 Å². The highest BCUT2D eigenvalue weighted by molar-refractivity contribution is 5.96. The number of nitrogens with one attached hydrogen (secondary N) is 1. The van der Waals surface area contributed by atoms with Gasteiger partial charge in [-0.2, -0.15) is 0 Å². The van der Waals surface area contributed by atoms with E-state index in [1.165, 1.54) is 12.1 Å². The fourth-order valence-corrected chi connectivity index (χ4v) is 5.35. The third-order valence-electron chi connectivity index (χ3n) is 7.71. The van der Waals surface area contributed by atoms with Gasteiger partial charge in [-0.25, -0.2) is 4.39 Å². The molecule has 7 heteroatoms. The molecule has 5 rings (SSSR count). The van der Waals surface area contributed by atoms with E-state index in [0.717, 1.165) is 65.2 Å². The van der Waals surface area contributed by atoms with Gasteiger partial charge in [0.1, 0.15) is 29.2 Å². The highest BCUT2D eigenvalue weighted by Gasteiger charge is 2.19. The van der Waals surface area contributed by atoms with Crippen molar-refractivity contribution in [1.29, 1.82) is 0 Å². The summed E-state index contributed by atoms with van der Waals surface area (Å²) in [5, 5.41) is 3.05. The molecule has 218 valence electrons. The number of piperidine rings is 1. The van der Waals surface area contributed by atoms with Crippen LogP contribution in [0.15, 0.2) is 84.9 Å². The van der Waals surface area contributed by atoms with Crippen LogP contribution in [0.4, 0.5) is 4.39 Å². The van der Waals surface area contributed by atoms with E-state index in [-0.39, 0.29) is 17.8 Å². The summed E-state index contributed by atoms with van der Waals surface area (Å²) < 4.78 is 31.4. The third-order valence-corrected chi connectivity index (χ3v) is 7.71. The molecule has 4 aromatic rings. The molecule has 6 nitrogen and oxygen atoms in total. The minimum atomic E-state index is -0.292. The van der Waals surface area contributed by atoms with E-state index >= 15 is 0 Å². The zero-order valence-electron chi connectivity index (χ0n) is 24.4. The monoisotopic (exact) mass is 568 g/mol. The number of rotatable bonds is 10. The first kappa shape index (κ1) is 29.1. The Hall–Kier alpha value is -4.36. The molecule has 1 N–H and O–H groups in total. The van der Waals surface area contributed by atoms with Crippen molar-refractivity contribution in [2.24, 2.45) is 0 Å². The molecule has 0 saturated carbocycles. The molecule has 0 aromatic heterocycles. The predicted octanol–water partition coefficient (Wildman–Crippen LogP) is 6.62. The van der Waals surface area contributed by atoms with Gasteiger partial charge in [-0.05, 0) is 103 Å². The Balaban J connectivity index is 1.31. The number of ether oxygens (including phenoxy) is 3. The van der Waals surface area contributed by atoms with Gasteiger partial charge < -0.3 is 24.4 Å². The maximum Gasteiger partial charge on any atom is 0.251 e. The van der Waals surface area contributed by atoms with Gasteiger partial charge >= 0.3 is 0 Å². The second-order valence-corrected chi connectivity index (χ2v) is 10.6. The summed E-state index contributed by atoms with van der Waals surface area (Å²) in [5.41, 5.74) is 4.91. The maximum atomic E-state index is 14.2. The molecule has 42 heavy (non-hydrogen) atoms. The van der Waals surface area contributed by atoms with Crippen LogP contribution < -0.4 is 19.5 Å². The second-order valence-electron chi connectivity index (χ2n) is 10.6. The van der Waals surface area contributed by atoms with Gasteiger partial charge in [-0.15, -0.1) is 0 Å². The van der Waals surface area contributed by atoms with Gasteiger partial charge in [0, 0.05) is 30.8 Å². The Bertz CT molecular complexity index is 1530. The van der Waals surface area contributed by atoms with Gasteiger partial charge in [0.2, 0.25) is 0 Å². The Labute approximate surface area is 247 Å². The number of halogens is 1. The summed E-state index contributed by atoms with van der Waals surface area (Å²) in [6.45, 7) is 2.43. The lowest BCUT2D eigenvalue weighted by atomic mass is 9.97. The molecular weight excluding hydrogens is 531 g/mol. The van der Waals surface area contributed by atoms with Crippen molar-refractivity contribution in [3.63, 3.8) is 0 Å². The number of likely N-dealkylation sites (tertiary alicyclic amines) is 1. The van der Waals surface area contributed by atoms with E-state index in [1.54, 1.807) is 32.4 Å². The second kappa shape index (κ2) is 13.5. The molecule has 0 unspecified atom stereocenters. The van der Waals surface area contributed by atoms with Crippen molar-refractivity contribution in [3.05, 3.63) is 102 Å². The zero-order chi connectivity index (χ0) is 29.5. The van der Waals surface area contributed by atoms with E-state index in [2.05, 4.69) is 17.3 Å². The Morgan fingerprint density at radius 1 is 0.857 bits per heavy atom. The standard InChI is InChI=1S/C35H37FN2O4/c1-38-18-15-29(16-19-38)42-31-12-10-24(32(23-31)25-6-4-8-28(36)20-25)14-17-37-35(39)27-11-13-34(41-3)33(22-27)26-7-5-9-30(21-26)40-2/h4-13,20-23,29H,14-19H2,1-3H3,(H,37,39). The largest absolute Gasteiger partial charge is 0.497 e. The lowest BCUT2D eigenvalue weighted by Gasteiger charge is -2.29. The van der Waals surface area contributed by atoms with Crippen molar-refractivity contribution in [3.8, 4) is 39.5 Å². The highest BCUT2D eigenvalue weighted by atomic mass is 19.1. The molecule has 1 fully saturated rings. The quantitative estimate of drug-likeness (QED) is 0.233. The van der Waals surface area contributed by atoms with Crippen LogP contribution in [0, 0.1) is 5.82 Å². The summed E-state index contributed by atoms with van der Waals surface area (Å²) >= 11 is 0. The average Bonchev–Trinajstić information content (AvgIpc) is 3.02. The smallest absolute Gasteiger partial charge is 0.251 e. The number of nitrogens with zero attached hydrogens (tertiary/aromatic N) is 1. The lowest BCUT2D eigenvalue weighted by Crippen LogP contribution is -2.35. The molecule has 4 aromatic carbocycles. The van der Waals surface area contributed by atoms with Crippen LogP contribution in [0.3, 0.4) is 0 Å². The SMILES string of the molecule is COc1cccc(-c2cc(C(=O)NCCc3ccc(OC4CCN(C)CC4)cc3-c3cccc(F)c3)ccc2OC)c1. The molecule has 0 bridgehead atoms. The van der Waals surface area contributed by atoms with Crippen LogP contribution >= 0.6 is 0 Å². The minimum Gasteiger partial charge on any atom is -0.497 e. The van der Waals surface area contributed by atoms with Crippen LogP contribution in [0.25, 0.3) is 22.3 Å². The highest BCUT2D eigenvalue weighted by Crippen LogP contribution is 2.33. The first-order valence-electron chi connectivity index (χ1n) is 14.3. The number of carbonyl (C=O) groups is 1. The van der Waals surface area contributed by atoms with Gasteiger partial charge in [0.05, 0.1) is 14.2 Å². The fraction of sp³-hybridized carbons (Fsp3) is 0.286.